The zero-order valence-electron chi connectivity index (χ0n) is 14.3. The number of thiophene rings is 1. The zero-order chi connectivity index (χ0) is 17.1. The highest BCUT2D eigenvalue weighted by Crippen LogP contribution is 2.21. The highest BCUT2D eigenvalue weighted by molar-refractivity contribution is 7.11. The molecule has 0 atom stereocenters. The van der Waals surface area contributed by atoms with E-state index in [0.717, 1.165) is 49.7 Å². The normalized spacial score (nSPS) is 14.9. The van der Waals surface area contributed by atoms with Crippen LogP contribution in [0.5, 0.6) is 5.75 Å². The van der Waals surface area contributed by atoms with Crippen LogP contribution >= 0.6 is 11.3 Å². The van der Waals surface area contributed by atoms with Gasteiger partial charge in [0.2, 0.25) is 0 Å². The van der Waals surface area contributed by atoms with Crippen LogP contribution in [0.1, 0.15) is 27.6 Å². The molecule has 1 aliphatic rings. The predicted octanol–water partition coefficient (Wildman–Crippen LogP) is 3.03. The van der Waals surface area contributed by atoms with Gasteiger partial charge in [0.25, 0.3) is 0 Å². The Labute approximate surface area is 151 Å². The van der Waals surface area contributed by atoms with Crippen molar-refractivity contribution in [3.05, 3.63) is 57.8 Å². The Morgan fingerprint density at radius 2 is 2.20 bits per heavy atom. The van der Waals surface area contributed by atoms with Gasteiger partial charge in [0.15, 0.2) is 0 Å². The van der Waals surface area contributed by atoms with Gasteiger partial charge in [-0.15, -0.1) is 16.4 Å². The average molecular weight is 355 g/mol. The molecule has 1 aliphatic heterocycles. The average Bonchev–Trinajstić information content (AvgIpc) is 3.14. The minimum Gasteiger partial charge on any atom is -0.486 e. The summed E-state index contributed by atoms with van der Waals surface area (Å²) in [7, 11) is 0. The van der Waals surface area contributed by atoms with Crippen LogP contribution in [0.15, 0.2) is 36.7 Å². The van der Waals surface area contributed by atoms with Crippen molar-refractivity contribution in [1.82, 2.24) is 24.9 Å². The molecule has 0 amide bonds. The van der Waals surface area contributed by atoms with E-state index in [1.54, 1.807) is 12.4 Å². The van der Waals surface area contributed by atoms with Crippen LogP contribution in [-0.4, -0.2) is 31.4 Å². The third kappa shape index (κ3) is 3.88. The van der Waals surface area contributed by atoms with Gasteiger partial charge >= 0.3 is 0 Å². The molecule has 130 valence electrons. The summed E-state index contributed by atoms with van der Waals surface area (Å²) < 4.78 is 7.85. The van der Waals surface area contributed by atoms with Gasteiger partial charge in [-0.1, -0.05) is 5.21 Å². The molecule has 6 nitrogen and oxygen atoms in total. The van der Waals surface area contributed by atoms with E-state index < -0.39 is 0 Å². The molecule has 3 aromatic rings. The van der Waals surface area contributed by atoms with Crippen molar-refractivity contribution in [1.29, 1.82) is 0 Å². The number of nitrogens with zero attached hydrogens (tertiary/aromatic N) is 5. The van der Waals surface area contributed by atoms with Crippen LogP contribution in [0.25, 0.3) is 0 Å². The lowest BCUT2D eigenvalue weighted by atomic mass is 10.3. The van der Waals surface area contributed by atoms with Crippen LogP contribution in [0.4, 0.5) is 0 Å². The van der Waals surface area contributed by atoms with Crippen LogP contribution in [0, 0.1) is 6.92 Å². The first-order chi connectivity index (χ1) is 12.3. The lowest BCUT2D eigenvalue weighted by molar-refractivity contribution is 0.257. The summed E-state index contributed by atoms with van der Waals surface area (Å²) in [6.45, 7) is 6.40. The zero-order valence-corrected chi connectivity index (χ0v) is 15.1. The first kappa shape index (κ1) is 16.2. The molecule has 0 saturated carbocycles. The topological polar surface area (TPSA) is 56.1 Å². The fraction of sp³-hybridized carbons (Fsp3) is 0.389. The monoisotopic (exact) mass is 355 g/mol. The minimum absolute atomic E-state index is 0.424. The molecule has 0 radical (unpaired) electrons. The number of hydrogen-bond acceptors (Lipinski definition) is 6. The quantitative estimate of drug-likeness (QED) is 0.704. The van der Waals surface area contributed by atoms with E-state index in [9.17, 15) is 0 Å². The maximum Gasteiger partial charge on any atom is 0.138 e. The second-order valence-electron chi connectivity index (χ2n) is 6.26. The molecule has 4 rings (SSSR count). The van der Waals surface area contributed by atoms with Crippen molar-refractivity contribution in [3.8, 4) is 5.75 Å². The largest absolute Gasteiger partial charge is 0.486 e. The van der Waals surface area contributed by atoms with Gasteiger partial charge in [-0.25, -0.2) is 4.68 Å². The predicted molar refractivity (Wildman–Crippen MR) is 96.4 cm³/mol. The molecule has 3 aromatic heterocycles. The standard InChI is InChI=1S/C18H21N5OS/c1-14-5-6-16(25-14)11-22-8-3-9-23-18(12-22)17(20-21-23)13-24-15-4-2-7-19-10-15/h2,4-7,10H,3,8-9,11-13H2,1H3. The molecule has 0 saturated heterocycles. The van der Waals surface area contributed by atoms with Crippen LogP contribution in [0.2, 0.25) is 0 Å². The number of fused-ring (bicyclic) bond motifs is 1. The fourth-order valence-electron chi connectivity index (χ4n) is 3.08. The second kappa shape index (κ2) is 7.33. The van der Waals surface area contributed by atoms with Crippen molar-refractivity contribution in [3.63, 3.8) is 0 Å². The third-order valence-corrected chi connectivity index (χ3v) is 5.31. The Morgan fingerprint density at radius 1 is 1.24 bits per heavy atom. The Morgan fingerprint density at radius 3 is 3.00 bits per heavy atom. The van der Waals surface area contributed by atoms with Gasteiger partial charge in [0, 0.05) is 42.1 Å². The van der Waals surface area contributed by atoms with Gasteiger partial charge < -0.3 is 4.74 Å². The summed E-state index contributed by atoms with van der Waals surface area (Å²) in [5.41, 5.74) is 2.08. The molecule has 0 aromatic carbocycles. The maximum atomic E-state index is 5.82. The first-order valence-electron chi connectivity index (χ1n) is 8.49. The van der Waals surface area contributed by atoms with Gasteiger partial charge in [-0.3, -0.25) is 9.88 Å². The Kier molecular flexibility index (Phi) is 4.76. The molecule has 4 heterocycles. The van der Waals surface area contributed by atoms with Crippen LogP contribution < -0.4 is 4.74 Å². The maximum absolute atomic E-state index is 5.82. The molecule has 7 heteroatoms. The molecule has 0 fully saturated rings. The smallest absolute Gasteiger partial charge is 0.138 e. The number of aromatic nitrogens is 4. The van der Waals surface area contributed by atoms with Crippen LogP contribution in [0.3, 0.4) is 0 Å². The minimum atomic E-state index is 0.424. The summed E-state index contributed by atoms with van der Waals surface area (Å²) in [5, 5.41) is 8.67. The van der Waals surface area contributed by atoms with E-state index in [-0.39, 0.29) is 0 Å². The van der Waals surface area contributed by atoms with E-state index in [2.05, 4.69) is 39.3 Å². The summed E-state index contributed by atoms with van der Waals surface area (Å²) in [5.74, 6) is 0.754. The van der Waals surface area contributed by atoms with Gasteiger partial charge in [0.1, 0.15) is 18.1 Å². The molecule has 0 aliphatic carbocycles. The van der Waals surface area contributed by atoms with Gasteiger partial charge in [0.05, 0.1) is 11.9 Å². The van der Waals surface area contributed by atoms with Gasteiger partial charge in [-0.2, -0.15) is 0 Å². The number of ether oxygens (including phenoxy) is 1. The lowest BCUT2D eigenvalue weighted by Crippen LogP contribution is -2.23. The summed E-state index contributed by atoms with van der Waals surface area (Å²) in [6.07, 6.45) is 4.54. The molecule has 0 N–H and O–H groups in total. The molecule has 25 heavy (non-hydrogen) atoms. The van der Waals surface area contributed by atoms with Crippen molar-refractivity contribution in [2.45, 2.75) is 39.6 Å². The first-order valence-corrected chi connectivity index (χ1v) is 9.31. The second-order valence-corrected chi connectivity index (χ2v) is 7.63. The number of hydrogen-bond donors (Lipinski definition) is 0. The van der Waals surface area contributed by atoms with Crippen molar-refractivity contribution in [2.24, 2.45) is 0 Å². The molecule has 0 spiro atoms. The Balaban J connectivity index is 1.47. The summed E-state index contributed by atoms with van der Waals surface area (Å²) in [4.78, 5) is 9.32. The van der Waals surface area contributed by atoms with Crippen molar-refractivity contribution in [2.75, 3.05) is 6.54 Å². The van der Waals surface area contributed by atoms with Crippen molar-refractivity contribution < 1.29 is 4.74 Å². The fourth-order valence-corrected chi connectivity index (χ4v) is 4.01. The van der Waals surface area contributed by atoms with Crippen LogP contribution in [-0.2, 0) is 26.2 Å². The lowest BCUT2D eigenvalue weighted by Gasteiger charge is -2.19. The SMILES string of the molecule is Cc1ccc(CN2CCCn3nnc(COc4cccnc4)c3C2)s1. The van der Waals surface area contributed by atoms with E-state index in [1.165, 1.54) is 9.75 Å². The van der Waals surface area contributed by atoms with E-state index in [4.69, 9.17) is 4.74 Å². The van der Waals surface area contributed by atoms with Gasteiger partial charge in [-0.05, 0) is 37.6 Å². The van der Waals surface area contributed by atoms with E-state index in [0.29, 0.717) is 6.61 Å². The summed E-state index contributed by atoms with van der Waals surface area (Å²) >= 11 is 1.87. The molecular weight excluding hydrogens is 334 g/mol. The molecular formula is C18H21N5OS. The molecule has 0 bridgehead atoms. The highest BCUT2D eigenvalue weighted by atomic mass is 32.1. The molecule has 0 unspecified atom stereocenters. The highest BCUT2D eigenvalue weighted by Gasteiger charge is 2.20. The Bertz CT molecular complexity index is 829. The third-order valence-electron chi connectivity index (χ3n) is 4.32. The Hall–Kier alpha value is -2.25. The van der Waals surface area contributed by atoms with E-state index in [1.807, 2.05) is 28.2 Å². The number of aryl methyl sites for hydroxylation is 2. The number of pyridine rings is 1. The van der Waals surface area contributed by atoms with Crippen molar-refractivity contribution >= 4 is 11.3 Å². The number of rotatable bonds is 5. The van der Waals surface area contributed by atoms with E-state index >= 15 is 0 Å². The summed E-state index contributed by atoms with van der Waals surface area (Å²) in [6, 6.07) is 8.19.